The second-order valence-electron chi connectivity index (χ2n) is 5.11. The van der Waals surface area contributed by atoms with Gasteiger partial charge in [0.1, 0.15) is 0 Å². The minimum atomic E-state index is -3.64. The van der Waals surface area contributed by atoms with Gasteiger partial charge in [-0.2, -0.15) is 0 Å². The molecule has 0 atom stereocenters. The number of hydrogen-bond acceptors (Lipinski definition) is 2. The molecule has 0 radical (unpaired) electrons. The Labute approximate surface area is 141 Å². The molecule has 0 amide bonds. The highest BCUT2D eigenvalue weighted by Gasteiger charge is 2.20. The number of fused-ring (bicyclic) bond motifs is 1. The number of H-pyrrole nitrogens is 1. The van der Waals surface area contributed by atoms with E-state index in [1.165, 1.54) is 0 Å². The van der Waals surface area contributed by atoms with Crippen molar-refractivity contribution in [2.45, 2.75) is 18.9 Å². The molecule has 0 bridgehead atoms. The Hall–Kier alpha value is -1.82. The molecule has 1 aromatic carbocycles. The van der Waals surface area contributed by atoms with Crippen LogP contribution in [0.3, 0.4) is 0 Å². The predicted octanol–water partition coefficient (Wildman–Crippen LogP) is 4.01. The zero-order valence-electron chi connectivity index (χ0n) is 13.1. The number of allylic oxidation sites excluding steroid dienone is 3. The van der Waals surface area contributed by atoms with Crippen LogP contribution in [-0.2, 0) is 10.0 Å². The molecule has 6 heteroatoms. The highest BCUT2D eigenvalue weighted by atomic mass is 35.5. The molecule has 0 aliphatic rings. The molecule has 0 fully saturated rings. The summed E-state index contributed by atoms with van der Waals surface area (Å²) < 4.78 is 27.5. The third-order valence-corrected chi connectivity index (χ3v) is 5.25. The van der Waals surface area contributed by atoms with Crippen LogP contribution < -0.4 is 4.72 Å². The Bertz CT molecular complexity index is 892. The lowest BCUT2D eigenvalue weighted by molar-refractivity contribution is 0.581. The van der Waals surface area contributed by atoms with E-state index in [4.69, 9.17) is 11.6 Å². The lowest BCUT2D eigenvalue weighted by Crippen LogP contribution is -2.26. The summed E-state index contributed by atoms with van der Waals surface area (Å²) in [7, 11) is -3.64. The van der Waals surface area contributed by atoms with E-state index in [1.807, 2.05) is 31.2 Å². The number of aromatic amines is 1. The van der Waals surface area contributed by atoms with Crippen molar-refractivity contribution in [3.63, 3.8) is 0 Å². The summed E-state index contributed by atoms with van der Waals surface area (Å²) in [4.78, 5) is 2.96. The average Bonchev–Trinajstić information content (AvgIpc) is 2.89. The molecular weight excluding hydrogens is 332 g/mol. The van der Waals surface area contributed by atoms with Gasteiger partial charge in [-0.1, -0.05) is 48.5 Å². The first kappa shape index (κ1) is 17.5. The van der Waals surface area contributed by atoms with Gasteiger partial charge in [-0.05, 0) is 37.1 Å². The van der Waals surface area contributed by atoms with Gasteiger partial charge in [0, 0.05) is 22.5 Å². The fourth-order valence-electron chi connectivity index (χ4n) is 2.14. The number of rotatable bonds is 6. The normalized spacial score (nSPS) is 13.1. The maximum absolute atomic E-state index is 12.5. The molecule has 2 aromatic rings. The van der Waals surface area contributed by atoms with Gasteiger partial charge in [-0.25, -0.2) is 13.1 Å². The van der Waals surface area contributed by atoms with Crippen LogP contribution in [-0.4, -0.2) is 19.9 Å². The van der Waals surface area contributed by atoms with E-state index in [9.17, 15) is 8.42 Å². The van der Waals surface area contributed by atoms with Crippen LogP contribution in [0.2, 0.25) is 0 Å². The maximum Gasteiger partial charge on any atom is 0.256 e. The lowest BCUT2D eigenvalue weighted by atomic mass is 10.2. The first-order valence-electron chi connectivity index (χ1n) is 7.10. The first-order chi connectivity index (χ1) is 10.8. The number of para-hydroxylation sites is 1. The van der Waals surface area contributed by atoms with Crippen molar-refractivity contribution in [1.82, 2.24) is 9.71 Å². The predicted molar refractivity (Wildman–Crippen MR) is 96.1 cm³/mol. The fraction of sp³-hybridized carbons (Fsp3) is 0.176. The van der Waals surface area contributed by atoms with Crippen molar-refractivity contribution in [2.75, 3.05) is 6.54 Å². The van der Waals surface area contributed by atoms with Gasteiger partial charge in [0.05, 0.1) is 0 Å². The molecule has 0 unspecified atom stereocenters. The van der Waals surface area contributed by atoms with Crippen LogP contribution in [0.4, 0.5) is 0 Å². The fourth-order valence-corrected chi connectivity index (χ4v) is 3.48. The summed E-state index contributed by atoms with van der Waals surface area (Å²) in [5.41, 5.74) is 2.11. The number of sulfonamides is 1. The molecule has 122 valence electrons. The van der Waals surface area contributed by atoms with Gasteiger partial charge >= 0.3 is 0 Å². The van der Waals surface area contributed by atoms with E-state index in [1.54, 1.807) is 25.2 Å². The van der Waals surface area contributed by atoms with Crippen LogP contribution in [0.1, 0.15) is 12.5 Å². The van der Waals surface area contributed by atoms with Crippen LogP contribution in [0.5, 0.6) is 0 Å². The van der Waals surface area contributed by atoms with Gasteiger partial charge in [-0.15, -0.1) is 0 Å². The number of aryl methyl sites for hydroxylation is 1. The van der Waals surface area contributed by atoms with E-state index in [2.05, 4.69) is 16.3 Å². The second-order valence-corrected chi connectivity index (χ2v) is 7.25. The second kappa shape index (κ2) is 7.17. The molecule has 4 nitrogen and oxygen atoms in total. The van der Waals surface area contributed by atoms with Crippen molar-refractivity contribution in [2.24, 2.45) is 0 Å². The average molecular weight is 351 g/mol. The molecular formula is C17H19ClN2O2S. The van der Waals surface area contributed by atoms with E-state index in [0.717, 1.165) is 10.9 Å². The SMILES string of the molecule is C=C(C=CC(Cl)=CC)CNS(=O)(=O)c1[nH]c2ccccc2c1C. The zero-order valence-corrected chi connectivity index (χ0v) is 14.6. The molecule has 0 saturated carbocycles. The minimum absolute atomic E-state index is 0.113. The maximum atomic E-state index is 12.5. The molecule has 2 rings (SSSR count). The zero-order chi connectivity index (χ0) is 17.0. The Balaban J connectivity index is 2.17. The first-order valence-corrected chi connectivity index (χ1v) is 8.96. The summed E-state index contributed by atoms with van der Waals surface area (Å²) in [6.45, 7) is 7.53. The Morgan fingerprint density at radius 1 is 1.35 bits per heavy atom. The summed E-state index contributed by atoms with van der Waals surface area (Å²) >= 11 is 5.85. The van der Waals surface area contributed by atoms with E-state index < -0.39 is 10.0 Å². The van der Waals surface area contributed by atoms with Gasteiger partial charge < -0.3 is 4.98 Å². The van der Waals surface area contributed by atoms with E-state index in [0.29, 0.717) is 16.2 Å². The van der Waals surface area contributed by atoms with Gasteiger partial charge in [0.25, 0.3) is 10.0 Å². The number of halogens is 1. The van der Waals surface area contributed by atoms with Crippen molar-refractivity contribution in [3.05, 3.63) is 65.2 Å². The molecule has 2 N–H and O–H groups in total. The smallest absolute Gasteiger partial charge is 0.256 e. The summed E-state index contributed by atoms with van der Waals surface area (Å²) in [5.74, 6) is 0. The quantitative estimate of drug-likeness (QED) is 0.773. The lowest BCUT2D eigenvalue weighted by Gasteiger charge is -2.06. The van der Waals surface area contributed by atoms with Crippen LogP contribution in [0, 0.1) is 6.92 Å². The van der Waals surface area contributed by atoms with Crippen molar-refractivity contribution in [1.29, 1.82) is 0 Å². The van der Waals surface area contributed by atoms with Gasteiger partial charge in [-0.3, -0.25) is 0 Å². The van der Waals surface area contributed by atoms with Crippen LogP contribution >= 0.6 is 11.6 Å². The highest BCUT2D eigenvalue weighted by Crippen LogP contribution is 2.24. The van der Waals surface area contributed by atoms with E-state index >= 15 is 0 Å². The number of benzene rings is 1. The molecule has 0 spiro atoms. The summed E-state index contributed by atoms with van der Waals surface area (Å²) in [6, 6.07) is 7.48. The van der Waals surface area contributed by atoms with Gasteiger partial charge in [0.15, 0.2) is 5.03 Å². The molecule has 0 aliphatic carbocycles. The number of hydrogen-bond donors (Lipinski definition) is 2. The van der Waals surface area contributed by atoms with Crippen LogP contribution in [0.25, 0.3) is 10.9 Å². The highest BCUT2D eigenvalue weighted by molar-refractivity contribution is 7.89. The molecule has 1 heterocycles. The Morgan fingerprint density at radius 2 is 2.04 bits per heavy atom. The molecule has 1 aromatic heterocycles. The number of nitrogens with one attached hydrogen (secondary N) is 2. The Kier molecular flexibility index (Phi) is 5.46. The van der Waals surface area contributed by atoms with Crippen molar-refractivity contribution >= 4 is 32.5 Å². The minimum Gasteiger partial charge on any atom is -0.344 e. The largest absolute Gasteiger partial charge is 0.344 e. The van der Waals surface area contributed by atoms with Crippen LogP contribution in [0.15, 0.2) is 64.7 Å². The van der Waals surface area contributed by atoms with E-state index in [-0.39, 0.29) is 11.6 Å². The number of aromatic nitrogens is 1. The molecule has 0 saturated heterocycles. The summed E-state index contributed by atoms with van der Waals surface area (Å²) in [5, 5.41) is 1.65. The Morgan fingerprint density at radius 3 is 2.70 bits per heavy atom. The summed E-state index contributed by atoms with van der Waals surface area (Å²) in [6.07, 6.45) is 5.10. The monoisotopic (exact) mass is 350 g/mol. The molecule has 0 aliphatic heterocycles. The topological polar surface area (TPSA) is 62.0 Å². The third kappa shape index (κ3) is 4.13. The molecule has 23 heavy (non-hydrogen) atoms. The van der Waals surface area contributed by atoms with Gasteiger partial charge in [0.2, 0.25) is 0 Å². The standard InChI is InChI=1S/C17H19ClN2O2S/c1-4-14(18)10-9-12(2)11-19-23(21,22)17-13(3)15-7-5-6-8-16(15)20-17/h4-10,19-20H,2,11H2,1,3H3. The van der Waals surface area contributed by atoms with Crippen molar-refractivity contribution in [3.8, 4) is 0 Å². The third-order valence-electron chi connectivity index (χ3n) is 3.43. The van der Waals surface area contributed by atoms with Crippen molar-refractivity contribution < 1.29 is 8.42 Å².